The molecule has 1 aromatic rings. The number of hydrogen-bond acceptors (Lipinski definition) is 3. The second-order valence-electron chi connectivity index (χ2n) is 2.48. The van der Waals surface area contributed by atoms with Gasteiger partial charge in [0.2, 0.25) is 0 Å². The smallest absolute Gasteiger partial charge is 0.312 e. The lowest BCUT2D eigenvalue weighted by molar-refractivity contribution is 0.248. The molecule has 5 nitrogen and oxygen atoms in total. The van der Waals surface area contributed by atoms with Gasteiger partial charge in [-0.15, -0.1) is 0 Å². The Hall–Kier alpha value is -1.52. The highest BCUT2D eigenvalue weighted by atomic mass is 16.5. The molecule has 1 heterocycles. The van der Waals surface area contributed by atoms with Crippen LogP contribution in [0.1, 0.15) is 11.5 Å². The van der Waals surface area contributed by atoms with E-state index in [9.17, 15) is 4.79 Å². The molecule has 0 atom stereocenters. The second kappa shape index (κ2) is 3.75. The number of urea groups is 1. The van der Waals surface area contributed by atoms with Crippen molar-refractivity contribution in [2.24, 2.45) is 5.73 Å². The highest BCUT2D eigenvalue weighted by Crippen LogP contribution is 2.01. The van der Waals surface area contributed by atoms with Crippen LogP contribution in [-0.2, 0) is 6.42 Å². The van der Waals surface area contributed by atoms with Crippen LogP contribution < -0.4 is 11.1 Å². The first-order valence-electron chi connectivity index (χ1n) is 3.64. The van der Waals surface area contributed by atoms with Gasteiger partial charge in [-0.1, -0.05) is 5.16 Å². The minimum atomic E-state index is -0.522. The topological polar surface area (TPSA) is 81.1 Å². The molecule has 0 aliphatic heterocycles. The summed E-state index contributed by atoms with van der Waals surface area (Å²) in [5.41, 5.74) is 5.70. The van der Waals surface area contributed by atoms with Crippen molar-refractivity contribution in [1.82, 2.24) is 10.5 Å². The van der Waals surface area contributed by atoms with Gasteiger partial charge in [0.15, 0.2) is 0 Å². The van der Waals surface area contributed by atoms with Crippen molar-refractivity contribution >= 4 is 6.03 Å². The third kappa shape index (κ3) is 2.61. The molecule has 0 bridgehead atoms. The summed E-state index contributed by atoms with van der Waals surface area (Å²) in [6.45, 7) is 2.32. The molecule has 0 radical (unpaired) electrons. The summed E-state index contributed by atoms with van der Waals surface area (Å²) in [5.74, 6) is 0.751. The van der Waals surface area contributed by atoms with Crippen LogP contribution in [0.2, 0.25) is 0 Å². The minimum Gasteiger partial charge on any atom is -0.361 e. The molecular weight excluding hydrogens is 158 g/mol. The Morgan fingerprint density at radius 3 is 3.08 bits per heavy atom. The number of carbonyl (C=O) groups is 1. The van der Waals surface area contributed by atoms with Gasteiger partial charge in [-0.2, -0.15) is 0 Å². The van der Waals surface area contributed by atoms with E-state index in [0.717, 1.165) is 11.5 Å². The van der Waals surface area contributed by atoms with Gasteiger partial charge >= 0.3 is 6.03 Å². The number of aryl methyl sites for hydroxylation is 1. The van der Waals surface area contributed by atoms with Gasteiger partial charge < -0.3 is 15.6 Å². The Labute approximate surface area is 69.9 Å². The van der Waals surface area contributed by atoms with E-state index in [2.05, 4.69) is 10.5 Å². The molecule has 0 saturated carbocycles. The number of hydrogen-bond donors (Lipinski definition) is 2. The molecule has 12 heavy (non-hydrogen) atoms. The Morgan fingerprint density at radius 2 is 2.58 bits per heavy atom. The third-order valence-electron chi connectivity index (χ3n) is 1.35. The summed E-state index contributed by atoms with van der Waals surface area (Å²) in [5, 5.41) is 6.15. The van der Waals surface area contributed by atoms with Gasteiger partial charge in [0, 0.05) is 19.0 Å². The van der Waals surface area contributed by atoms with Crippen LogP contribution in [-0.4, -0.2) is 17.7 Å². The molecule has 0 saturated heterocycles. The third-order valence-corrected chi connectivity index (χ3v) is 1.35. The van der Waals surface area contributed by atoms with Crippen LogP contribution in [0.15, 0.2) is 10.6 Å². The predicted octanol–water partition coefficient (Wildman–Crippen LogP) is 0.194. The van der Waals surface area contributed by atoms with Crippen molar-refractivity contribution in [1.29, 1.82) is 0 Å². The highest BCUT2D eigenvalue weighted by molar-refractivity contribution is 5.71. The SMILES string of the molecule is Cc1cc(CCNC(N)=O)on1. The number of nitrogens with two attached hydrogens (primary N) is 1. The molecule has 3 N–H and O–H groups in total. The Bertz CT molecular complexity index is 269. The first-order valence-corrected chi connectivity index (χ1v) is 3.64. The van der Waals surface area contributed by atoms with E-state index in [4.69, 9.17) is 10.3 Å². The zero-order valence-corrected chi connectivity index (χ0v) is 6.83. The van der Waals surface area contributed by atoms with Gasteiger partial charge in [0.25, 0.3) is 0 Å². The van der Waals surface area contributed by atoms with Gasteiger partial charge in [-0.3, -0.25) is 0 Å². The van der Waals surface area contributed by atoms with Gasteiger partial charge in [-0.25, -0.2) is 4.79 Å². The first-order chi connectivity index (χ1) is 5.68. The summed E-state index contributed by atoms with van der Waals surface area (Å²) >= 11 is 0. The van der Waals surface area contributed by atoms with E-state index in [0.29, 0.717) is 13.0 Å². The fourth-order valence-electron chi connectivity index (χ4n) is 0.843. The number of amides is 2. The van der Waals surface area contributed by atoms with Crippen molar-refractivity contribution in [3.05, 3.63) is 17.5 Å². The number of nitrogens with one attached hydrogen (secondary N) is 1. The Balaban J connectivity index is 2.29. The zero-order valence-electron chi connectivity index (χ0n) is 6.83. The molecule has 0 unspecified atom stereocenters. The number of nitrogens with zero attached hydrogens (tertiary/aromatic N) is 1. The molecule has 0 aliphatic carbocycles. The number of primary amides is 1. The molecule has 0 fully saturated rings. The van der Waals surface area contributed by atoms with Crippen LogP contribution in [0.3, 0.4) is 0 Å². The number of carbonyl (C=O) groups excluding carboxylic acids is 1. The van der Waals surface area contributed by atoms with Crippen molar-refractivity contribution in [2.75, 3.05) is 6.54 Å². The maximum atomic E-state index is 10.3. The molecular formula is C7H11N3O2. The molecule has 0 aromatic carbocycles. The molecule has 1 rings (SSSR count). The number of rotatable bonds is 3. The average Bonchev–Trinajstić information content (AvgIpc) is 2.35. The predicted molar refractivity (Wildman–Crippen MR) is 42.5 cm³/mol. The van der Waals surface area contributed by atoms with Crippen molar-refractivity contribution in [3.63, 3.8) is 0 Å². The molecule has 5 heteroatoms. The van der Waals surface area contributed by atoms with Crippen LogP contribution in [0, 0.1) is 6.92 Å². The largest absolute Gasteiger partial charge is 0.361 e. The van der Waals surface area contributed by atoms with Crippen molar-refractivity contribution in [2.45, 2.75) is 13.3 Å². The quantitative estimate of drug-likeness (QED) is 0.677. The van der Waals surface area contributed by atoms with Crippen molar-refractivity contribution < 1.29 is 9.32 Å². The number of aromatic nitrogens is 1. The maximum absolute atomic E-state index is 10.3. The van der Waals surface area contributed by atoms with Crippen LogP contribution in [0.4, 0.5) is 4.79 Å². The maximum Gasteiger partial charge on any atom is 0.312 e. The second-order valence-corrected chi connectivity index (χ2v) is 2.48. The van der Waals surface area contributed by atoms with E-state index in [-0.39, 0.29) is 0 Å². The summed E-state index contributed by atoms with van der Waals surface area (Å²) in [7, 11) is 0. The summed E-state index contributed by atoms with van der Waals surface area (Å²) < 4.78 is 4.90. The molecule has 66 valence electrons. The summed E-state index contributed by atoms with van der Waals surface area (Å²) in [4.78, 5) is 10.3. The van der Waals surface area contributed by atoms with E-state index in [1.807, 2.05) is 13.0 Å². The van der Waals surface area contributed by atoms with Crippen LogP contribution in [0.5, 0.6) is 0 Å². The van der Waals surface area contributed by atoms with E-state index in [1.165, 1.54) is 0 Å². The van der Waals surface area contributed by atoms with E-state index >= 15 is 0 Å². The zero-order chi connectivity index (χ0) is 8.97. The van der Waals surface area contributed by atoms with Crippen LogP contribution in [0.25, 0.3) is 0 Å². The first kappa shape index (κ1) is 8.58. The Morgan fingerprint density at radius 1 is 1.83 bits per heavy atom. The fraction of sp³-hybridized carbons (Fsp3) is 0.429. The highest BCUT2D eigenvalue weighted by Gasteiger charge is 1.99. The van der Waals surface area contributed by atoms with E-state index < -0.39 is 6.03 Å². The standard InChI is InChI=1S/C7H11N3O2/c1-5-4-6(12-10-5)2-3-9-7(8)11/h4H,2-3H2,1H3,(H3,8,9,11). The summed E-state index contributed by atoms with van der Waals surface area (Å²) in [6.07, 6.45) is 0.615. The van der Waals surface area contributed by atoms with Gasteiger partial charge in [0.1, 0.15) is 5.76 Å². The Kier molecular flexibility index (Phi) is 2.68. The lowest BCUT2D eigenvalue weighted by atomic mass is 10.3. The normalized spacial score (nSPS) is 9.75. The lowest BCUT2D eigenvalue weighted by Gasteiger charge is -1.96. The van der Waals surface area contributed by atoms with Crippen molar-refractivity contribution in [3.8, 4) is 0 Å². The molecule has 1 aromatic heterocycles. The molecule has 0 aliphatic rings. The molecule has 0 spiro atoms. The lowest BCUT2D eigenvalue weighted by Crippen LogP contribution is -2.30. The average molecular weight is 169 g/mol. The summed E-state index contributed by atoms with van der Waals surface area (Å²) in [6, 6.07) is 1.30. The fourth-order valence-corrected chi connectivity index (χ4v) is 0.843. The minimum absolute atomic E-state index is 0.476. The monoisotopic (exact) mass is 169 g/mol. The van der Waals surface area contributed by atoms with Crippen LogP contribution >= 0.6 is 0 Å². The molecule has 2 amide bonds. The van der Waals surface area contributed by atoms with Gasteiger partial charge in [0.05, 0.1) is 5.69 Å². The van der Waals surface area contributed by atoms with Gasteiger partial charge in [-0.05, 0) is 6.92 Å². The van der Waals surface area contributed by atoms with E-state index in [1.54, 1.807) is 0 Å².